The normalized spacial score (nSPS) is 16.7. The molecule has 0 bridgehead atoms. The third kappa shape index (κ3) is 3.10. The number of benzene rings is 1. The second kappa shape index (κ2) is 5.53. The van der Waals surface area contributed by atoms with Crippen molar-refractivity contribution >= 4 is 5.78 Å². The molecule has 0 amide bonds. The van der Waals surface area contributed by atoms with Crippen molar-refractivity contribution in [2.75, 3.05) is 20.7 Å². The molecular formula is C15H21NO2. The van der Waals surface area contributed by atoms with E-state index in [4.69, 9.17) is 4.74 Å². The predicted octanol–water partition coefficient (Wildman–Crippen LogP) is 2.61. The summed E-state index contributed by atoms with van der Waals surface area (Å²) in [6.45, 7) is 3.01. The molecule has 0 aromatic heterocycles. The number of rotatable bonds is 6. The summed E-state index contributed by atoms with van der Waals surface area (Å²) in [5.74, 6) is 1.77. The van der Waals surface area contributed by atoms with E-state index in [1.165, 1.54) is 12.8 Å². The zero-order valence-corrected chi connectivity index (χ0v) is 11.3. The second-order valence-electron chi connectivity index (χ2n) is 5.15. The average Bonchev–Trinajstić information content (AvgIpc) is 3.21. The Morgan fingerprint density at radius 2 is 2.00 bits per heavy atom. The first-order valence-corrected chi connectivity index (χ1v) is 6.50. The molecule has 1 unspecified atom stereocenters. The standard InChI is InChI=1S/C15H21NO2/c1-11(16(2)10-12-4-5-12)15(17)13-6-8-14(18-3)9-7-13/h6-9,11-12H,4-5,10H2,1-3H3. The largest absolute Gasteiger partial charge is 0.497 e. The Kier molecular flexibility index (Phi) is 4.02. The van der Waals surface area contributed by atoms with Crippen molar-refractivity contribution < 1.29 is 9.53 Å². The summed E-state index contributed by atoms with van der Waals surface area (Å²) in [6.07, 6.45) is 2.63. The van der Waals surface area contributed by atoms with Gasteiger partial charge in [0.1, 0.15) is 5.75 Å². The molecule has 98 valence electrons. The van der Waals surface area contributed by atoms with Crippen molar-refractivity contribution in [1.82, 2.24) is 4.90 Å². The van der Waals surface area contributed by atoms with Crippen LogP contribution in [0.2, 0.25) is 0 Å². The summed E-state index contributed by atoms with van der Waals surface area (Å²) in [7, 11) is 3.66. The van der Waals surface area contributed by atoms with Gasteiger partial charge in [-0.2, -0.15) is 0 Å². The lowest BCUT2D eigenvalue weighted by molar-refractivity contribution is 0.0864. The fourth-order valence-corrected chi connectivity index (χ4v) is 2.06. The molecule has 3 nitrogen and oxygen atoms in total. The number of methoxy groups -OCH3 is 1. The monoisotopic (exact) mass is 247 g/mol. The maximum absolute atomic E-state index is 12.3. The van der Waals surface area contributed by atoms with Crippen LogP contribution in [0.3, 0.4) is 0 Å². The lowest BCUT2D eigenvalue weighted by Crippen LogP contribution is -2.37. The average molecular weight is 247 g/mol. The van der Waals surface area contributed by atoms with Gasteiger partial charge in [-0.15, -0.1) is 0 Å². The van der Waals surface area contributed by atoms with Crippen LogP contribution in [0.5, 0.6) is 5.75 Å². The van der Waals surface area contributed by atoms with E-state index in [2.05, 4.69) is 4.90 Å². The topological polar surface area (TPSA) is 29.5 Å². The Hall–Kier alpha value is -1.35. The third-order valence-corrected chi connectivity index (χ3v) is 3.66. The smallest absolute Gasteiger partial charge is 0.179 e. The summed E-state index contributed by atoms with van der Waals surface area (Å²) >= 11 is 0. The first-order valence-electron chi connectivity index (χ1n) is 6.50. The first-order chi connectivity index (χ1) is 8.61. The van der Waals surface area contributed by atoms with Crippen LogP contribution in [0.15, 0.2) is 24.3 Å². The van der Waals surface area contributed by atoms with Gasteiger partial charge in [0.15, 0.2) is 5.78 Å². The molecule has 1 saturated carbocycles. The third-order valence-electron chi connectivity index (χ3n) is 3.66. The van der Waals surface area contributed by atoms with Gasteiger partial charge >= 0.3 is 0 Å². The zero-order chi connectivity index (χ0) is 13.1. The van der Waals surface area contributed by atoms with Gasteiger partial charge < -0.3 is 4.74 Å². The molecule has 1 aliphatic rings. The number of nitrogens with zero attached hydrogens (tertiary/aromatic N) is 1. The summed E-state index contributed by atoms with van der Waals surface area (Å²) < 4.78 is 5.10. The van der Waals surface area contributed by atoms with Crippen LogP contribution in [0.4, 0.5) is 0 Å². The van der Waals surface area contributed by atoms with Crippen molar-refractivity contribution in [3.8, 4) is 5.75 Å². The van der Waals surface area contributed by atoms with Gasteiger partial charge in [0.2, 0.25) is 0 Å². The summed E-state index contributed by atoms with van der Waals surface area (Å²) in [6, 6.07) is 7.28. The van der Waals surface area contributed by atoms with Crippen molar-refractivity contribution in [2.45, 2.75) is 25.8 Å². The van der Waals surface area contributed by atoms with E-state index in [-0.39, 0.29) is 11.8 Å². The van der Waals surface area contributed by atoms with E-state index < -0.39 is 0 Å². The van der Waals surface area contributed by atoms with Crippen LogP contribution in [-0.2, 0) is 0 Å². The number of likely N-dealkylation sites (N-methyl/N-ethyl adjacent to an activating group) is 1. The molecule has 0 saturated heterocycles. The first kappa shape index (κ1) is 13.1. The number of carbonyl (C=O) groups excluding carboxylic acids is 1. The highest BCUT2D eigenvalue weighted by Gasteiger charge is 2.27. The lowest BCUT2D eigenvalue weighted by atomic mass is 10.0. The number of carbonyl (C=O) groups is 1. The highest BCUT2D eigenvalue weighted by atomic mass is 16.5. The van der Waals surface area contributed by atoms with E-state index in [0.717, 1.165) is 23.8 Å². The number of hydrogen-bond acceptors (Lipinski definition) is 3. The SMILES string of the molecule is COc1ccc(C(=O)C(C)N(C)CC2CC2)cc1. The van der Waals surface area contributed by atoms with Gasteiger partial charge in [-0.1, -0.05) is 0 Å². The van der Waals surface area contributed by atoms with Crippen LogP contribution in [0, 0.1) is 5.92 Å². The Bertz CT molecular complexity index is 409. The quantitative estimate of drug-likeness (QED) is 0.724. The highest BCUT2D eigenvalue weighted by Crippen LogP contribution is 2.30. The van der Waals surface area contributed by atoms with E-state index >= 15 is 0 Å². The fourth-order valence-electron chi connectivity index (χ4n) is 2.06. The summed E-state index contributed by atoms with van der Waals surface area (Å²) in [4.78, 5) is 14.5. The summed E-state index contributed by atoms with van der Waals surface area (Å²) in [5.41, 5.74) is 0.756. The Morgan fingerprint density at radius 1 is 1.39 bits per heavy atom. The number of hydrogen-bond donors (Lipinski definition) is 0. The molecule has 0 N–H and O–H groups in total. The Morgan fingerprint density at radius 3 is 2.50 bits per heavy atom. The van der Waals surface area contributed by atoms with Crippen molar-refractivity contribution in [2.24, 2.45) is 5.92 Å². The molecule has 1 aliphatic carbocycles. The van der Waals surface area contributed by atoms with Crippen molar-refractivity contribution in [3.05, 3.63) is 29.8 Å². The van der Waals surface area contributed by atoms with Crippen molar-refractivity contribution in [1.29, 1.82) is 0 Å². The maximum Gasteiger partial charge on any atom is 0.179 e. The van der Waals surface area contributed by atoms with Gasteiger partial charge in [-0.25, -0.2) is 0 Å². The molecule has 1 atom stereocenters. The lowest BCUT2D eigenvalue weighted by Gasteiger charge is -2.23. The number of Topliss-reactive ketones (excluding diaryl/α,β-unsaturated/α-hetero) is 1. The minimum absolute atomic E-state index is 0.0565. The second-order valence-corrected chi connectivity index (χ2v) is 5.15. The summed E-state index contributed by atoms with van der Waals surface area (Å²) in [5, 5.41) is 0. The van der Waals surface area contributed by atoms with Gasteiger partial charge in [-0.05, 0) is 57.0 Å². The van der Waals surface area contributed by atoms with Crippen LogP contribution in [0.1, 0.15) is 30.1 Å². The van der Waals surface area contributed by atoms with E-state index in [0.29, 0.717) is 0 Å². The van der Waals surface area contributed by atoms with E-state index in [1.807, 2.05) is 38.2 Å². The van der Waals surface area contributed by atoms with Crippen LogP contribution >= 0.6 is 0 Å². The molecule has 1 aromatic carbocycles. The molecule has 1 fully saturated rings. The van der Waals surface area contributed by atoms with E-state index in [9.17, 15) is 4.79 Å². The van der Waals surface area contributed by atoms with Crippen LogP contribution < -0.4 is 4.74 Å². The molecule has 3 heteroatoms. The number of ether oxygens (including phenoxy) is 1. The molecule has 0 aliphatic heterocycles. The Labute approximate surface area is 109 Å². The molecule has 18 heavy (non-hydrogen) atoms. The molecule has 0 heterocycles. The maximum atomic E-state index is 12.3. The predicted molar refractivity (Wildman–Crippen MR) is 72.1 cm³/mol. The van der Waals surface area contributed by atoms with Gasteiger partial charge in [0, 0.05) is 12.1 Å². The minimum atomic E-state index is -0.0565. The fraction of sp³-hybridized carbons (Fsp3) is 0.533. The molecule has 2 rings (SSSR count). The van der Waals surface area contributed by atoms with Crippen molar-refractivity contribution in [3.63, 3.8) is 0 Å². The van der Waals surface area contributed by atoms with Gasteiger partial charge in [0.05, 0.1) is 13.2 Å². The molecule has 0 spiro atoms. The van der Waals surface area contributed by atoms with Gasteiger partial charge in [0.25, 0.3) is 0 Å². The molecule has 0 radical (unpaired) electrons. The molecule has 1 aromatic rings. The Balaban J connectivity index is 1.99. The van der Waals surface area contributed by atoms with Crippen LogP contribution in [0.25, 0.3) is 0 Å². The zero-order valence-electron chi connectivity index (χ0n) is 11.3. The molecular weight excluding hydrogens is 226 g/mol. The van der Waals surface area contributed by atoms with Crippen LogP contribution in [-0.4, -0.2) is 37.4 Å². The van der Waals surface area contributed by atoms with Gasteiger partial charge in [-0.3, -0.25) is 9.69 Å². The highest BCUT2D eigenvalue weighted by molar-refractivity contribution is 5.99. The number of ketones is 1. The van der Waals surface area contributed by atoms with E-state index in [1.54, 1.807) is 7.11 Å². The minimum Gasteiger partial charge on any atom is -0.497 e.